The van der Waals surface area contributed by atoms with Crippen LogP contribution in [-0.2, 0) is 4.74 Å². The Kier molecular flexibility index (Phi) is 5.93. The van der Waals surface area contributed by atoms with Gasteiger partial charge in [-0.15, -0.1) is 0 Å². The lowest BCUT2D eigenvalue weighted by molar-refractivity contribution is 0.106. The van der Waals surface area contributed by atoms with Crippen LogP contribution in [0.3, 0.4) is 0 Å². The molecule has 56 valence electrons. The van der Waals surface area contributed by atoms with E-state index in [1.807, 2.05) is 0 Å². The molecule has 1 unspecified atom stereocenters. The standard InChI is InChI=1S/C6H15NO2/c1-9-5-3-6(8)2-4-7/h6,8H,2-5,7H2,1H3. The summed E-state index contributed by atoms with van der Waals surface area (Å²) in [4.78, 5) is 0. The molecule has 0 saturated heterocycles. The fraction of sp³-hybridized carbons (Fsp3) is 1.00. The van der Waals surface area contributed by atoms with E-state index in [2.05, 4.69) is 0 Å². The quantitative estimate of drug-likeness (QED) is 0.543. The van der Waals surface area contributed by atoms with Crippen molar-refractivity contribution in [1.29, 1.82) is 0 Å². The molecule has 0 aliphatic heterocycles. The van der Waals surface area contributed by atoms with E-state index >= 15 is 0 Å². The molecular formula is C6H15NO2. The second kappa shape index (κ2) is 6.01. The molecule has 0 saturated carbocycles. The predicted molar refractivity (Wildman–Crippen MR) is 36.2 cm³/mol. The Labute approximate surface area is 55.8 Å². The van der Waals surface area contributed by atoms with Gasteiger partial charge in [0.15, 0.2) is 0 Å². The molecule has 0 aliphatic rings. The maximum atomic E-state index is 9.02. The molecule has 0 amide bonds. The zero-order valence-electron chi connectivity index (χ0n) is 5.84. The van der Waals surface area contributed by atoms with Crippen LogP contribution in [0, 0.1) is 0 Å². The van der Waals surface area contributed by atoms with Crippen LogP contribution in [-0.4, -0.2) is 31.5 Å². The molecule has 0 spiro atoms. The second-order valence-corrected chi connectivity index (χ2v) is 2.01. The smallest absolute Gasteiger partial charge is 0.0574 e. The van der Waals surface area contributed by atoms with Crippen LogP contribution < -0.4 is 5.73 Å². The first-order chi connectivity index (χ1) is 4.31. The zero-order valence-corrected chi connectivity index (χ0v) is 5.84. The van der Waals surface area contributed by atoms with Crippen LogP contribution in [0.5, 0.6) is 0 Å². The zero-order chi connectivity index (χ0) is 7.11. The molecule has 9 heavy (non-hydrogen) atoms. The summed E-state index contributed by atoms with van der Waals surface area (Å²) < 4.78 is 4.76. The molecule has 1 atom stereocenters. The van der Waals surface area contributed by atoms with E-state index < -0.39 is 0 Å². The van der Waals surface area contributed by atoms with Crippen LogP contribution >= 0.6 is 0 Å². The minimum absolute atomic E-state index is 0.282. The maximum absolute atomic E-state index is 9.02. The van der Waals surface area contributed by atoms with Crippen LogP contribution in [0.2, 0.25) is 0 Å². The van der Waals surface area contributed by atoms with Crippen molar-refractivity contribution in [2.24, 2.45) is 5.73 Å². The van der Waals surface area contributed by atoms with Crippen LogP contribution in [0.15, 0.2) is 0 Å². The number of methoxy groups -OCH3 is 1. The van der Waals surface area contributed by atoms with Gasteiger partial charge in [0.2, 0.25) is 0 Å². The average Bonchev–Trinajstić information content (AvgIpc) is 1.85. The number of rotatable bonds is 5. The van der Waals surface area contributed by atoms with Crippen molar-refractivity contribution >= 4 is 0 Å². The van der Waals surface area contributed by atoms with Gasteiger partial charge in [0, 0.05) is 13.7 Å². The fourth-order valence-electron chi connectivity index (χ4n) is 0.591. The summed E-state index contributed by atoms with van der Waals surface area (Å²) >= 11 is 0. The van der Waals surface area contributed by atoms with Gasteiger partial charge >= 0.3 is 0 Å². The third-order valence-corrected chi connectivity index (χ3v) is 1.16. The molecule has 0 rings (SSSR count). The Morgan fingerprint density at radius 2 is 2.22 bits per heavy atom. The predicted octanol–water partition coefficient (Wildman–Crippen LogP) is -0.267. The van der Waals surface area contributed by atoms with Gasteiger partial charge in [-0.3, -0.25) is 0 Å². The van der Waals surface area contributed by atoms with Crippen molar-refractivity contribution < 1.29 is 9.84 Å². The first-order valence-electron chi connectivity index (χ1n) is 3.18. The maximum Gasteiger partial charge on any atom is 0.0574 e. The van der Waals surface area contributed by atoms with Crippen molar-refractivity contribution in [2.75, 3.05) is 20.3 Å². The minimum Gasteiger partial charge on any atom is -0.393 e. The lowest BCUT2D eigenvalue weighted by Gasteiger charge is -2.06. The Hall–Kier alpha value is -0.120. The summed E-state index contributed by atoms with van der Waals surface area (Å²) in [5, 5.41) is 9.02. The number of aliphatic hydroxyl groups excluding tert-OH is 1. The Morgan fingerprint density at radius 1 is 1.56 bits per heavy atom. The van der Waals surface area contributed by atoms with Gasteiger partial charge in [0.05, 0.1) is 6.10 Å². The molecule has 0 fully saturated rings. The van der Waals surface area contributed by atoms with E-state index in [4.69, 9.17) is 15.6 Å². The summed E-state index contributed by atoms with van der Waals surface area (Å²) in [5.74, 6) is 0. The molecule has 3 nitrogen and oxygen atoms in total. The van der Waals surface area contributed by atoms with E-state index in [9.17, 15) is 0 Å². The fourth-order valence-corrected chi connectivity index (χ4v) is 0.591. The van der Waals surface area contributed by atoms with Gasteiger partial charge in [-0.05, 0) is 19.4 Å². The molecule has 0 radical (unpaired) electrons. The molecule has 3 heteroatoms. The van der Waals surface area contributed by atoms with E-state index in [1.54, 1.807) is 7.11 Å². The molecule has 0 aliphatic carbocycles. The second-order valence-electron chi connectivity index (χ2n) is 2.01. The van der Waals surface area contributed by atoms with Crippen LogP contribution in [0.1, 0.15) is 12.8 Å². The monoisotopic (exact) mass is 133 g/mol. The van der Waals surface area contributed by atoms with E-state index in [-0.39, 0.29) is 6.10 Å². The molecule has 0 aromatic rings. The van der Waals surface area contributed by atoms with Crippen LogP contribution in [0.4, 0.5) is 0 Å². The Balaban J connectivity index is 2.95. The van der Waals surface area contributed by atoms with Gasteiger partial charge in [0.25, 0.3) is 0 Å². The van der Waals surface area contributed by atoms with Gasteiger partial charge in [-0.25, -0.2) is 0 Å². The number of ether oxygens (including phenoxy) is 1. The Morgan fingerprint density at radius 3 is 2.67 bits per heavy atom. The van der Waals surface area contributed by atoms with Gasteiger partial charge in [-0.1, -0.05) is 0 Å². The summed E-state index contributed by atoms with van der Waals surface area (Å²) in [6.07, 6.45) is 1.08. The van der Waals surface area contributed by atoms with Gasteiger partial charge in [0.1, 0.15) is 0 Å². The molecule has 0 aromatic heterocycles. The summed E-state index contributed by atoms with van der Waals surface area (Å²) in [6.45, 7) is 1.16. The molecular weight excluding hydrogens is 118 g/mol. The minimum atomic E-state index is -0.282. The van der Waals surface area contributed by atoms with E-state index in [0.29, 0.717) is 26.0 Å². The normalized spacial score (nSPS) is 13.7. The van der Waals surface area contributed by atoms with Crippen molar-refractivity contribution in [1.82, 2.24) is 0 Å². The van der Waals surface area contributed by atoms with Gasteiger partial charge < -0.3 is 15.6 Å². The first-order valence-corrected chi connectivity index (χ1v) is 3.18. The highest BCUT2D eigenvalue weighted by atomic mass is 16.5. The SMILES string of the molecule is COCCC(O)CCN. The van der Waals surface area contributed by atoms with E-state index in [1.165, 1.54) is 0 Å². The highest BCUT2D eigenvalue weighted by Gasteiger charge is 1.99. The van der Waals surface area contributed by atoms with Gasteiger partial charge in [-0.2, -0.15) is 0 Å². The molecule has 0 bridgehead atoms. The summed E-state index contributed by atoms with van der Waals surface area (Å²) in [7, 11) is 1.62. The van der Waals surface area contributed by atoms with Crippen molar-refractivity contribution in [3.05, 3.63) is 0 Å². The topological polar surface area (TPSA) is 55.5 Å². The molecule has 0 heterocycles. The number of nitrogens with two attached hydrogens (primary N) is 1. The highest BCUT2D eigenvalue weighted by Crippen LogP contribution is 1.94. The third-order valence-electron chi connectivity index (χ3n) is 1.16. The van der Waals surface area contributed by atoms with Crippen molar-refractivity contribution in [3.63, 3.8) is 0 Å². The number of aliphatic hydroxyl groups is 1. The number of hydrogen-bond acceptors (Lipinski definition) is 3. The lowest BCUT2D eigenvalue weighted by atomic mass is 10.2. The first kappa shape index (κ1) is 8.88. The van der Waals surface area contributed by atoms with E-state index in [0.717, 1.165) is 0 Å². The lowest BCUT2D eigenvalue weighted by Crippen LogP contribution is -2.14. The molecule has 3 N–H and O–H groups in total. The number of hydrogen-bond donors (Lipinski definition) is 2. The molecule has 0 aromatic carbocycles. The van der Waals surface area contributed by atoms with Crippen molar-refractivity contribution in [2.45, 2.75) is 18.9 Å². The summed E-state index contributed by atoms with van der Waals surface area (Å²) in [5.41, 5.74) is 5.20. The van der Waals surface area contributed by atoms with Crippen molar-refractivity contribution in [3.8, 4) is 0 Å². The summed E-state index contributed by atoms with van der Waals surface area (Å²) in [6, 6.07) is 0. The third kappa shape index (κ3) is 5.76. The Bertz CT molecular complexity index is 59.0. The average molecular weight is 133 g/mol. The largest absolute Gasteiger partial charge is 0.393 e. The highest BCUT2D eigenvalue weighted by molar-refractivity contribution is 4.54. The van der Waals surface area contributed by atoms with Crippen LogP contribution in [0.25, 0.3) is 0 Å².